The Hall–Kier alpha value is -5.52. The molecule has 3 saturated heterocycles. The molecule has 5 aliphatic heterocycles. The van der Waals surface area contributed by atoms with Crippen molar-refractivity contribution in [1.82, 2.24) is 25.0 Å². The number of hydrogen-bond acceptors (Lipinski definition) is 11. The average molecular weight is 819 g/mol. The number of aromatic nitrogens is 1. The molecule has 15 heteroatoms. The lowest BCUT2D eigenvalue weighted by Gasteiger charge is -2.38. The van der Waals surface area contributed by atoms with E-state index in [1.807, 2.05) is 23.1 Å². The topological polar surface area (TPSA) is 168 Å². The fourth-order valence-corrected chi connectivity index (χ4v) is 9.97. The number of benzene rings is 2. The number of nitrogens with zero attached hydrogens (tertiary/aromatic N) is 6. The first kappa shape index (κ1) is 39.0. The van der Waals surface area contributed by atoms with Gasteiger partial charge in [0, 0.05) is 63.0 Å². The number of piperidine rings is 3. The van der Waals surface area contributed by atoms with E-state index in [9.17, 15) is 24.0 Å². The van der Waals surface area contributed by atoms with E-state index in [1.165, 1.54) is 0 Å². The molecule has 0 spiro atoms. The number of ether oxygens (including phenoxy) is 1. The molecule has 0 bridgehead atoms. The number of hydrogen-bond donors (Lipinski definition) is 2. The maximum atomic E-state index is 13.5. The summed E-state index contributed by atoms with van der Waals surface area (Å²) in [7, 11) is 0. The van der Waals surface area contributed by atoms with Gasteiger partial charge in [0.25, 0.3) is 17.7 Å². The Bertz CT molecular complexity index is 2240. The molecule has 1 unspecified atom stereocenters. The second kappa shape index (κ2) is 16.3. The summed E-state index contributed by atoms with van der Waals surface area (Å²) in [5, 5.41) is 15.3. The van der Waals surface area contributed by atoms with Crippen molar-refractivity contribution in [2.24, 2.45) is 5.92 Å². The molecule has 1 aromatic heterocycles. The quantitative estimate of drug-likeness (QED) is 0.274. The fourth-order valence-electron chi connectivity index (χ4n) is 9.76. The van der Waals surface area contributed by atoms with E-state index in [-0.39, 0.29) is 48.1 Å². The summed E-state index contributed by atoms with van der Waals surface area (Å²) in [5.74, 6) is 0.279. The lowest BCUT2D eigenvalue weighted by Crippen LogP contribution is -2.54. The maximum absolute atomic E-state index is 13.5. The van der Waals surface area contributed by atoms with Crippen LogP contribution in [0.4, 0.5) is 11.5 Å². The lowest BCUT2D eigenvalue weighted by molar-refractivity contribution is -0.136. The highest BCUT2D eigenvalue weighted by molar-refractivity contribution is 6.31. The highest BCUT2D eigenvalue weighted by Gasteiger charge is 2.45. The minimum atomic E-state index is -0.976. The van der Waals surface area contributed by atoms with E-state index in [2.05, 4.69) is 26.5 Å². The van der Waals surface area contributed by atoms with E-state index in [0.29, 0.717) is 34.4 Å². The Balaban J connectivity index is 0.712. The molecular formula is C44H47ClN8O6. The third kappa shape index (κ3) is 7.85. The number of nitrogens with one attached hydrogen (secondary N) is 2. The number of amides is 5. The number of fused-ring (bicyclic) bond motifs is 2. The van der Waals surface area contributed by atoms with Gasteiger partial charge >= 0.3 is 0 Å². The average Bonchev–Trinajstić information content (AvgIpc) is 3.70. The minimum Gasteiger partial charge on any atom is -0.490 e. The number of imide groups is 2. The molecule has 3 aromatic rings. The molecule has 6 aliphatic rings. The van der Waals surface area contributed by atoms with Crippen LogP contribution in [0.2, 0.25) is 5.02 Å². The van der Waals surface area contributed by atoms with Crippen LogP contribution in [0, 0.1) is 17.2 Å². The smallest absolute Gasteiger partial charge is 0.262 e. The molecule has 0 radical (unpaired) electrons. The van der Waals surface area contributed by atoms with Gasteiger partial charge in [0.1, 0.15) is 23.7 Å². The number of nitriles is 1. The predicted molar refractivity (Wildman–Crippen MR) is 218 cm³/mol. The van der Waals surface area contributed by atoms with Crippen LogP contribution in [0.1, 0.15) is 107 Å². The van der Waals surface area contributed by atoms with Gasteiger partial charge in [0.2, 0.25) is 11.8 Å². The Labute approximate surface area is 347 Å². The van der Waals surface area contributed by atoms with Crippen molar-refractivity contribution in [2.45, 2.75) is 95.0 Å². The van der Waals surface area contributed by atoms with E-state index in [4.69, 9.17) is 26.6 Å². The van der Waals surface area contributed by atoms with E-state index >= 15 is 0 Å². The Morgan fingerprint density at radius 1 is 0.814 bits per heavy atom. The van der Waals surface area contributed by atoms with Gasteiger partial charge in [0.05, 0.1) is 45.6 Å². The van der Waals surface area contributed by atoms with Gasteiger partial charge in [0.15, 0.2) is 0 Å². The first-order valence-electron chi connectivity index (χ1n) is 20.9. The number of carbonyl (C=O) groups excluding carboxylic acids is 5. The van der Waals surface area contributed by atoms with E-state index < -0.39 is 29.7 Å². The number of rotatable bonds is 9. The van der Waals surface area contributed by atoms with Crippen molar-refractivity contribution in [1.29, 1.82) is 5.26 Å². The van der Waals surface area contributed by atoms with Crippen LogP contribution in [0.15, 0.2) is 48.5 Å². The van der Waals surface area contributed by atoms with Crippen molar-refractivity contribution in [3.63, 3.8) is 0 Å². The first-order chi connectivity index (χ1) is 28.6. The molecule has 9 rings (SSSR count). The van der Waals surface area contributed by atoms with Crippen molar-refractivity contribution >= 4 is 52.6 Å². The molecule has 1 aliphatic carbocycles. The summed E-state index contributed by atoms with van der Waals surface area (Å²) in [5.41, 5.74) is 3.35. The molecule has 1 saturated carbocycles. The summed E-state index contributed by atoms with van der Waals surface area (Å²) in [4.78, 5) is 76.8. The van der Waals surface area contributed by atoms with Gasteiger partial charge in [-0.05, 0) is 106 Å². The summed E-state index contributed by atoms with van der Waals surface area (Å²) in [6.07, 6.45) is 7.75. The predicted octanol–water partition coefficient (Wildman–Crippen LogP) is 5.15. The standard InChI is InChI=1S/C44H47ClN8O6/c45-36-22-32(5-1-27(36)23-46)59-31-6-3-30(4-7-31)52-25-37-34(42(52)56)9-11-39(48-37)51-19-13-26(14-20-51)24-50-17-15-28(16-18-50)47-29-2-8-33-35(21-29)44(58)53(43(33)57)38-10-12-40(54)49-41(38)55/h1-2,5,8-9,11,21-22,26,28,30-31,38,47H,3-4,6-7,10,12-20,24-25H2,(H,49,54,55). The molecule has 1 atom stereocenters. The number of pyridine rings is 1. The molecule has 59 heavy (non-hydrogen) atoms. The second-order valence-corrected chi connectivity index (χ2v) is 17.2. The van der Waals surface area contributed by atoms with Crippen molar-refractivity contribution < 1.29 is 28.7 Å². The van der Waals surface area contributed by atoms with Crippen LogP contribution in [-0.2, 0) is 16.1 Å². The molecule has 2 N–H and O–H groups in total. The highest BCUT2D eigenvalue weighted by Crippen LogP contribution is 2.35. The summed E-state index contributed by atoms with van der Waals surface area (Å²) < 4.78 is 6.18. The second-order valence-electron chi connectivity index (χ2n) is 16.8. The number of anilines is 2. The zero-order valence-corrected chi connectivity index (χ0v) is 33.6. The van der Waals surface area contributed by atoms with Crippen molar-refractivity contribution in [3.8, 4) is 11.8 Å². The van der Waals surface area contributed by atoms with Crippen molar-refractivity contribution in [2.75, 3.05) is 42.9 Å². The van der Waals surface area contributed by atoms with Gasteiger partial charge in [-0.1, -0.05) is 11.6 Å². The summed E-state index contributed by atoms with van der Waals surface area (Å²) in [6, 6.07) is 15.8. The molecule has 5 amide bonds. The number of carbonyl (C=O) groups is 5. The Kier molecular flexibility index (Phi) is 10.7. The first-order valence-corrected chi connectivity index (χ1v) is 21.3. The highest BCUT2D eigenvalue weighted by atomic mass is 35.5. The van der Waals surface area contributed by atoms with E-state index in [1.54, 1.807) is 30.3 Å². The van der Waals surface area contributed by atoms with Crippen LogP contribution in [0.5, 0.6) is 5.75 Å². The molecule has 4 fully saturated rings. The van der Waals surface area contributed by atoms with Crippen LogP contribution < -0.4 is 20.3 Å². The number of likely N-dealkylation sites (tertiary alicyclic amines) is 1. The van der Waals surface area contributed by atoms with Gasteiger partial charge in [-0.2, -0.15) is 5.26 Å². The third-order valence-corrected chi connectivity index (χ3v) is 13.4. The summed E-state index contributed by atoms with van der Waals surface area (Å²) >= 11 is 6.20. The Morgan fingerprint density at radius 3 is 2.29 bits per heavy atom. The summed E-state index contributed by atoms with van der Waals surface area (Å²) in [6.45, 7) is 5.41. The molecule has 2 aromatic carbocycles. The van der Waals surface area contributed by atoms with Crippen molar-refractivity contribution in [3.05, 3.63) is 81.5 Å². The van der Waals surface area contributed by atoms with Crippen LogP contribution >= 0.6 is 11.6 Å². The SMILES string of the molecule is N#Cc1ccc(OC2CCC(N3Cc4nc(N5CCC(CN6CCC(Nc7ccc8c(c7)C(=O)N(C7CCC(=O)NC7=O)C8=O)CC6)CC5)ccc4C3=O)CC2)cc1Cl. The minimum absolute atomic E-state index is 0.0426. The van der Waals surface area contributed by atoms with Crippen LogP contribution in [0.3, 0.4) is 0 Å². The molecule has 14 nitrogen and oxygen atoms in total. The maximum Gasteiger partial charge on any atom is 0.262 e. The van der Waals surface area contributed by atoms with Gasteiger partial charge in [-0.3, -0.25) is 34.2 Å². The van der Waals surface area contributed by atoms with Gasteiger partial charge in [-0.25, -0.2) is 4.98 Å². The zero-order chi connectivity index (χ0) is 40.8. The lowest BCUT2D eigenvalue weighted by atomic mass is 9.92. The largest absolute Gasteiger partial charge is 0.490 e. The normalized spacial score (nSPS) is 24.2. The van der Waals surface area contributed by atoms with E-state index in [0.717, 1.165) is 106 Å². The van der Waals surface area contributed by atoms with Crippen LogP contribution in [-0.4, -0.2) is 106 Å². The zero-order valence-electron chi connectivity index (χ0n) is 32.8. The Morgan fingerprint density at radius 2 is 1.56 bits per heavy atom. The molecule has 6 heterocycles. The fraction of sp³-hybridized carbons (Fsp3) is 0.477. The van der Waals surface area contributed by atoms with Gasteiger partial charge < -0.3 is 24.8 Å². The molecular weight excluding hydrogens is 772 g/mol. The van der Waals surface area contributed by atoms with Crippen LogP contribution in [0.25, 0.3) is 0 Å². The van der Waals surface area contributed by atoms with Gasteiger partial charge in [-0.15, -0.1) is 0 Å². The monoisotopic (exact) mass is 818 g/mol. The third-order valence-electron chi connectivity index (χ3n) is 13.1. The molecule has 306 valence electrons. The number of halogens is 1.